The molecule has 3 aromatic carbocycles. The van der Waals surface area contributed by atoms with E-state index in [1.807, 2.05) is 78.9 Å². The van der Waals surface area contributed by atoms with Gasteiger partial charge in [-0.2, -0.15) is 4.68 Å². The molecule has 5 heterocycles. The van der Waals surface area contributed by atoms with Crippen LogP contribution in [0.25, 0.3) is 39.4 Å². The molecule has 8 rings (SSSR count). The number of nitrogens with zero attached hydrogens (tertiary/aromatic N) is 10. The Bertz CT molecular complexity index is 2450. The van der Waals surface area contributed by atoms with Crippen molar-refractivity contribution in [2.24, 2.45) is 7.05 Å². The second kappa shape index (κ2) is 19.3. The molecule has 0 unspecified atom stereocenters. The summed E-state index contributed by atoms with van der Waals surface area (Å²) in [5.74, 6) is 0.354. The van der Waals surface area contributed by atoms with Gasteiger partial charge in [0.1, 0.15) is 17.8 Å². The number of hydrogen-bond donors (Lipinski definition) is 5. The summed E-state index contributed by atoms with van der Waals surface area (Å²) in [6.07, 6.45) is 5.63. The molecule has 6 N–H and O–H groups in total. The molecule has 0 spiro atoms. The number of imidazole rings is 4. The molecule has 5 aromatic heterocycles. The molecule has 0 bridgehead atoms. The third kappa shape index (κ3) is 9.89. The number of rotatable bonds is 5. The van der Waals surface area contributed by atoms with Crippen LogP contribution in [0.15, 0.2) is 126 Å². The van der Waals surface area contributed by atoms with Gasteiger partial charge in [-0.1, -0.05) is 96.2 Å². The molecule has 0 saturated carbocycles. The van der Waals surface area contributed by atoms with Gasteiger partial charge >= 0.3 is 17.3 Å². The number of aliphatic hydroxyl groups excluding tert-OH is 1. The predicted octanol–water partition coefficient (Wildman–Crippen LogP) is 4.82. The lowest BCUT2D eigenvalue weighted by atomic mass is 10.1. The standard InChI is InChI=1S/C11H9N5O.C9H7N3O2.C9H9N3.C3H2BrN3O2.CH4O/c1-15-11(17)16-7-12-9(10(16)13-14-15)8-5-3-2-4-6-8;13-12(14)9-8(10-6-11-9)7-4-2-1-3-5-7;10-9-8(11-6-12-9)7-4-2-1-3-5-7;4-2-3(7(8)9)6-1-5-2;1-2/h2-7H,1H3;1-6H,(H,10,11);1-6H,10H2,(H,11,12);1H,(H,5,6);2H,1H3. The monoisotopic (exact) mass is 798 g/mol. The Hall–Kier alpha value is -7.39. The molecule has 0 saturated heterocycles. The van der Waals surface area contributed by atoms with Crippen molar-refractivity contribution in [2.75, 3.05) is 12.8 Å². The normalized spacial score (nSPS) is 9.93. The summed E-state index contributed by atoms with van der Waals surface area (Å²) in [4.78, 5) is 54.7. The van der Waals surface area contributed by atoms with Gasteiger partial charge in [0.05, 0.1) is 12.0 Å². The number of nitrogens with one attached hydrogen (secondary N) is 3. The first-order valence-corrected chi connectivity index (χ1v) is 16.1. The van der Waals surface area contributed by atoms with Gasteiger partial charge in [-0.05, 0) is 25.8 Å². The van der Waals surface area contributed by atoms with Crippen LogP contribution in [0, 0.1) is 20.2 Å². The van der Waals surface area contributed by atoms with Gasteiger partial charge in [0.25, 0.3) is 0 Å². The molecule has 20 nitrogen and oxygen atoms in total. The summed E-state index contributed by atoms with van der Waals surface area (Å²) in [5, 5.41) is 35.3. The first-order chi connectivity index (χ1) is 26.2. The highest BCUT2D eigenvalue weighted by molar-refractivity contribution is 9.10. The number of H-pyrrole nitrogens is 3. The average Bonchev–Trinajstić information content (AvgIpc) is 4.03. The summed E-state index contributed by atoms with van der Waals surface area (Å²) >= 11 is 2.88. The Morgan fingerprint density at radius 3 is 1.69 bits per heavy atom. The van der Waals surface area contributed by atoms with E-state index < -0.39 is 9.85 Å². The number of benzene rings is 3. The van der Waals surface area contributed by atoms with Gasteiger partial charge in [-0.25, -0.2) is 39.1 Å². The van der Waals surface area contributed by atoms with E-state index in [1.54, 1.807) is 25.5 Å². The molecular weight excluding hydrogens is 768 g/mol. The fourth-order valence-corrected chi connectivity index (χ4v) is 4.82. The number of aliphatic hydroxyl groups is 1. The summed E-state index contributed by atoms with van der Waals surface area (Å²) < 4.78 is 2.78. The number of aromatic nitrogens is 11. The van der Waals surface area contributed by atoms with E-state index in [1.165, 1.54) is 28.1 Å². The number of anilines is 1. The lowest BCUT2D eigenvalue weighted by Crippen LogP contribution is -2.26. The van der Waals surface area contributed by atoms with E-state index in [9.17, 15) is 25.0 Å². The molecule has 21 heteroatoms. The van der Waals surface area contributed by atoms with E-state index in [0.717, 1.165) is 29.5 Å². The Morgan fingerprint density at radius 1 is 0.704 bits per heavy atom. The zero-order chi connectivity index (χ0) is 39.0. The summed E-state index contributed by atoms with van der Waals surface area (Å²) in [7, 11) is 2.55. The minimum atomic E-state index is -0.545. The van der Waals surface area contributed by atoms with E-state index >= 15 is 0 Å². The van der Waals surface area contributed by atoms with Crippen molar-refractivity contribution in [3.8, 4) is 33.8 Å². The minimum absolute atomic E-state index is 0.0730. The molecule has 0 atom stereocenters. The van der Waals surface area contributed by atoms with Crippen LogP contribution in [0.1, 0.15) is 0 Å². The lowest BCUT2D eigenvalue weighted by molar-refractivity contribution is -0.390. The number of nitrogen functional groups attached to an aromatic ring is 1. The average molecular weight is 800 g/mol. The largest absolute Gasteiger partial charge is 0.400 e. The van der Waals surface area contributed by atoms with E-state index in [-0.39, 0.29) is 21.9 Å². The van der Waals surface area contributed by atoms with Crippen LogP contribution >= 0.6 is 15.9 Å². The molecule has 276 valence electrons. The summed E-state index contributed by atoms with van der Waals surface area (Å²) in [6.45, 7) is 0. The van der Waals surface area contributed by atoms with Crippen molar-refractivity contribution < 1.29 is 15.0 Å². The number of aryl methyl sites for hydroxylation is 1. The van der Waals surface area contributed by atoms with E-state index in [4.69, 9.17) is 10.8 Å². The maximum Gasteiger partial charge on any atom is 0.355 e. The number of hydrogen-bond acceptors (Lipinski definition) is 13. The summed E-state index contributed by atoms with van der Waals surface area (Å²) in [5.41, 5.74) is 10.5. The number of nitrogens with two attached hydrogens (primary N) is 1. The number of nitro groups is 2. The maximum absolute atomic E-state index is 11.8. The van der Waals surface area contributed by atoms with Gasteiger partial charge < -0.3 is 36.1 Å². The van der Waals surface area contributed by atoms with Crippen molar-refractivity contribution in [3.63, 3.8) is 0 Å². The minimum Gasteiger partial charge on any atom is -0.400 e. The van der Waals surface area contributed by atoms with Crippen molar-refractivity contribution in [3.05, 3.63) is 152 Å². The first-order valence-electron chi connectivity index (χ1n) is 15.3. The third-order valence-corrected chi connectivity index (χ3v) is 7.46. The van der Waals surface area contributed by atoms with Crippen LogP contribution in [0.5, 0.6) is 0 Å². The quantitative estimate of drug-likeness (QED) is 0.115. The van der Waals surface area contributed by atoms with Gasteiger partial charge in [-0.3, -0.25) is 0 Å². The first kappa shape index (κ1) is 39.4. The highest BCUT2D eigenvalue weighted by Gasteiger charge is 2.16. The highest BCUT2D eigenvalue weighted by Crippen LogP contribution is 2.25. The van der Waals surface area contributed by atoms with Crippen molar-refractivity contribution in [2.45, 2.75) is 0 Å². The van der Waals surface area contributed by atoms with Crippen molar-refractivity contribution in [1.29, 1.82) is 0 Å². The second-order valence-electron chi connectivity index (χ2n) is 10.2. The van der Waals surface area contributed by atoms with Crippen molar-refractivity contribution in [1.82, 2.24) is 54.3 Å². The van der Waals surface area contributed by atoms with E-state index in [0.29, 0.717) is 22.9 Å². The fourth-order valence-electron chi connectivity index (χ4n) is 4.45. The zero-order valence-corrected chi connectivity index (χ0v) is 30.0. The molecule has 54 heavy (non-hydrogen) atoms. The molecule has 0 radical (unpaired) electrons. The molecular formula is C33H31BrN14O6. The van der Waals surface area contributed by atoms with Crippen LogP contribution in [0.3, 0.4) is 0 Å². The second-order valence-corrected chi connectivity index (χ2v) is 11.0. The SMILES string of the molecule is CO.Cn1nnc2c(-c3ccccc3)ncn2c1=O.Nc1nc[nH]c1-c1ccccc1.O=[N+]([O-])c1[nH]cnc1-c1ccccc1.O=[N+]([O-])c1[nH]cnc1Br. The lowest BCUT2D eigenvalue weighted by Gasteiger charge is -1.98. The molecule has 0 aliphatic heterocycles. The van der Waals surface area contributed by atoms with Gasteiger partial charge in [0.2, 0.25) is 4.60 Å². The van der Waals surface area contributed by atoms with Crippen LogP contribution in [-0.2, 0) is 7.05 Å². The van der Waals surface area contributed by atoms with Crippen LogP contribution < -0.4 is 11.4 Å². The zero-order valence-electron chi connectivity index (χ0n) is 28.4. The van der Waals surface area contributed by atoms with Crippen LogP contribution in [-0.4, -0.2) is 76.3 Å². The Kier molecular flexibility index (Phi) is 14.1. The highest BCUT2D eigenvalue weighted by atomic mass is 79.9. The van der Waals surface area contributed by atoms with Crippen molar-refractivity contribution >= 4 is 39.0 Å². The fraction of sp³-hybridized carbons (Fsp3) is 0.0606. The number of aromatic amines is 3. The topological polar surface area (TPSA) is 284 Å². The van der Waals surface area contributed by atoms with Gasteiger partial charge in [-0.15, -0.1) is 5.10 Å². The molecule has 8 aromatic rings. The molecule has 0 amide bonds. The van der Waals surface area contributed by atoms with Gasteiger partial charge in [0, 0.05) is 30.8 Å². The Morgan fingerprint density at radius 2 is 1.20 bits per heavy atom. The molecule has 0 fully saturated rings. The molecule has 0 aliphatic carbocycles. The predicted molar refractivity (Wildman–Crippen MR) is 202 cm³/mol. The number of halogens is 1. The van der Waals surface area contributed by atoms with E-state index in [2.05, 4.69) is 61.1 Å². The van der Waals surface area contributed by atoms with Gasteiger partial charge in [0.15, 0.2) is 24.0 Å². The molecule has 0 aliphatic rings. The Labute approximate surface area is 312 Å². The Balaban J connectivity index is 0.000000162. The van der Waals surface area contributed by atoms with Crippen LogP contribution in [0.2, 0.25) is 0 Å². The van der Waals surface area contributed by atoms with Crippen LogP contribution in [0.4, 0.5) is 17.5 Å². The number of fused-ring (bicyclic) bond motifs is 1. The third-order valence-electron chi connectivity index (χ3n) is 6.88. The smallest absolute Gasteiger partial charge is 0.355 e. The summed E-state index contributed by atoms with van der Waals surface area (Å²) in [6, 6.07) is 28.5. The maximum atomic E-state index is 11.8.